The highest BCUT2D eigenvalue weighted by molar-refractivity contribution is 7.92. The summed E-state index contributed by atoms with van der Waals surface area (Å²) in [6.07, 6.45) is 0.910. The van der Waals surface area contributed by atoms with E-state index in [9.17, 15) is 13.2 Å². The summed E-state index contributed by atoms with van der Waals surface area (Å²) >= 11 is 0. The predicted molar refractivity (Wildman–Crippen MR) is 127 cm³/mol. The molecule has 33 heavy (non-hydrogen) atoms. The molecule has 0 saturated heterocycles. The number of rotatable bonds is 7. The first-order valence-corrected chi connectivity index (χ1v) is 12.4. The first-order chi connectivity index (χ1) is 15.8. The van der Waals surface area contributed by atoms with Crippen molar-refractivity contribution in [2.45, 2.75) is 19.6 Å². The molecule has 0 unspecified atom stereocenters. The van der Waals surface area contributed by atoms with Crippen LogP contribution in [0.1, 0.15) is 21.5 Å². The quantitative estimate of drug-likeness (QED) is 0.576. The number of aryl methyl sites for hydroxylation is 1. The van der Waals surface area contributed by atoms with Crippen LogP contribution in [0.3, 0.4) is 0 Å². The van der Waals surface area contributed by atoms with Crippen LogP contribution < -0.4 is 19.1 Å². The van der Waals surface area contributed by atoms with Crippen LogP contribution in [0.15, 0.2) is 72.8 Å². The van der Waals surface area contributed by atoms with Crippen molar-refractivity contribution >= 4 is 21.6 Å². The lowest BCUT2D eigenvalue weighted by Gasteiger charge is -2.26. The minimum absolute atomic E-state index is 0.177. The van der Waals surface area contributed by atoms with Crippen molar-refractivity contribution in [2.24, 2.45) is 0 Å². The smallest absolute Gasteiger partial charge is 0.251 e. The normalized spacial score (nSPS) is 15.0. The van der Waals surface area contributed by atoms with Crippen LogP contribution in [0.4, 0.5) is 5.69 Å². The molecule has 0 aromatic heterocycles. The van der Waals surface area contributed by atoms with Gasteiger partial charge in [0.15, 0.2) is 11.5 Å². The number of nitrogens with zero attached hydrogens (tertiary/aromatic N) is 1. The maximum absolute atomic E-state index is 12.6. The zero-order valence-corrected chi connectivity index (χ0v) is 19.3. The van der Waals surface area contributed by atoms with Gasteiger partial charge in [0, 0.05) is 5.56 Å². The highest BCUT2D eigenvalue weighted by atomic mass is 32.2. The molecule has 1 amide bonds. The Balaban J connectivity index is 1.38. The van der Waals surface area contributed by atoms with Crippen LogP contribution >= 0.6 is 0 Å². The van der Waals surface area contributed by atoms with E-state index in [1.54, 1.807) is 30.3 Å². The fourth-order valence-electron chi connectivity index (χ4n) is 3.58. The number of sulfonamides is 1. The van der Waals surface area contributed by atoms with Gasteiger partial charge in [0.2, 0.25) is 10.0 Å². The van der Waals surface area contributed by atoms with Crippen LogP contribution in [0.5, 0.6) is 11.5 Å². The molecule has 4 rings (SSSR count). The maximum Gasteiger partial charge on any atom is 0.251 e. The first-order valence-electron chi connectivity index (χ1n) is 10.6. The second-order valence-electron chi connectivity index (χ2n) is 8.01. The van der Waals surface area contributed by atoms with Gasteiger partial charge in [0.25, 0.3) is 5.91 Å². The zero-order chi connectivity index (χ0) is 23.4. The highest BCUT2D eigenvalue weighted by Crippen LogP contribution is 2.30. The minimum Gasteiger partial charge on any atom is -0.486 e. The van der Waals surface area contributed by atoms with E-state index in [0.717, 1.165) is 11.1 Å². The lowest BCUT2D eigenvalue weighted by atomic mass is 10.1. The van der Waals surface area contributed by atoms with Crippen LogP contribution in [-0.4, -0.2) is 39.8 Å². The van der Waals surface area contributed by atoms with E-state index in [2.05, 4.69) is 5.32 Å². The van der Waals surface area contributed by atoms with Gasteiger partial charge in [-0.05, 0) is 54.4 Å². The monoisotopic (exact) mass is 466 g/mol. The molecular weight excluding hydrogens is 440 g/mol. The second kappa shape index (κ2) is 9.54. The number of carbonyl (C=O) groups is 1. The number of hydrogen-bond acceptors (Lipinski definition) is 5. The Morgan fingerprint density at radius 2 is 1.76 bits per heavy atom. The molecule has 1 aliphatic heterocycles. The van der Waals surface area contributed by atoms with Crippen molar-refractivity contribution in [2.75, 3.05) is 23.7 Å². The highest BCUT2D eigenvalue weighted by Gasteiger charge is 2.22. The largest absolute Gasteiger partial charge is 0.486 e. The summed E-state index contributed by atoms with van der Waals surface area (Å²) in [5.41, 5.74) is 2.84. The maximum atomic E-state index is 12.6. The summed E-state index contributed by atoms with van der Waals surface area (Å²) in [7, 11) is -3.47. The Bertz CT molecular complexity index is 1240. The summed E-state index contributed by atoms with van der Waals surface area (Å²) in [4.78, 5) is 12.6. The number of para-hydroxylation sites is 2. The van der Waals surface area contributed by atoms with Crippen molar-refractivity contribution in [3.8, 4) is 11.5 Å². The fraction of sp³-hybridized carbons (Fsp3) is 0.240. The average Bonchev–Trinajstić information content (AvgIpc) is 2.80. The molecule has 0 fully saturated rings. The molecule has 1 N–H and O–H groups in total. The third-order valence-corrected chi connectivity index (χ3v) is 6.43. The van der Waals surface area contributed by atoms with E-state index in [1.165, 1.54) is 10.6 Å². The van der Waals surface area contributed by atoms with Gasteiger partial charge in [0.1, 0.15) is 12.7 Å². The second-order valence-corrected chi connectivity index (χ2v) is 9.92. The van der Waals surface area contributed by atoms with Crippen LogP contribution in [-0.2, 0) is 16.6 Å². The molecule has 1 atom stereocenters. The molecule has 3 aromatic rings. The Labute approximate surface area is 194 Å². The summed E-state index contributed by atoms with van der Waals surface area (Å²) in [6, 6.07) is 21.7. The van der Waals surface area contributed by atoms with E-state index in [4.69, 9.17) is 9.47 Å². The van der Waals surface area contributed by atoms with Crippen molar-refractivity contribution < 1.29 is 22.7 Å². The van der Waals surface area contributed by atoms with E-state index in [1.807, 2.05) is 49.4 Å². The fourth-order valence-corrected chi connectivity index (χ4v) is 4.46. The zero-order valence-electron chi connectivity index (χ0n) is 18.5. The van der Waals surface area contributed by atoms with Gasteiger partial charge in [-0.15, -0.1) is 0 Å². The van der Waals surface area contributed by atoms with E-state index in [0.29, 0.717) is 35.9 Å². The van der Waals surface area contributed by atoms with Crippen molar-refractivity contribution in [1.29, 1.82) is 0 Å². The van der Waals surface area contributed by atoms with Crippen LogP contribution in [0, 0.1) is 6.92 Å². The van der Waals surface area contributed by atoms with Gasteiger partial charge < -0.3 is 14.8 Å². The average molecular weight is 467 g/mol. The Hall–Kier alpha value is -3.52. The van der Waals surface area contributed by atoms with Gasteiger partial charge >= 0.3 is 0 Å². The lowest BCUT2D eigenvalue weighted by molar-refractivity contribution is 0.0789. The molecule has 3 aromatic carbocycles. The first kappa shape index (κ1) is 22.7. The van der Waals surface area contributed by atoms with Crippen molar-refractivity contribution in [3.05, 3.63) is 89.5 Å². The summed E-state index contributed by atoms with van der Waals surface area (Å²) in [6.45, 7) is 2.76. The standard InChI is InChI=1S/C25H26N2O5S/c1-18-6-5-7-21(14-18)27(33(2,29)30)16-19-10-12-20(13-11-19)25(28)26-15-22-17-31-23-8-3-4-9-24(23)32-22/h3-14,22H,15-17H2,1-2H3,(H,26,28)/t22-/m1/s1. The summed E-state index contributed by atoms with van der Waals surface area (Å²) in [5, 5.41) is 2.87. The van der Waals surface area contributed by atoms with Crippen LogP contribution in [0.2, 0.25) is 0 Å². The SMILES string of the molecule is Cc1cccc(N(Cc2ccc(C(=O)NC[C@@H]3COc4ccccc4O3)cc2)S(C)(=O)=O)c1. The third kappa shape index (κ3) is 5.64. The topological polar surface area (TPSA) is 84.9 Å². The molecule has 172 valence electrons. The van der Waals surface area contributed by atoms with Gasteiger partial charge in [-0.1, -0.05) is 36.4 Å². The predicted octanol–water partition coefficient (Wildman–Crippen LogP) is 3.53. The Morgan fingerprint density at radius 3 is 2.45 bits per heavy atom. The van der Waals surface area contributed by atoms with E-state index >= 15 is 0 Å². The van der Waals surface area contributed by atoms with E-state index < -0.39 is 10.0 Å². The van der Waals surface area contributed by atoms with E-state index in [-0.39, 0.29) is 18.6 Å². The number of ether oxygens (including phenoxy) is 2. The number of carbonyl (C=O) groups excluding carboxylic acids is 1. The molecule has 0 radical (unpaired) electrons. The van der Waals surface area contributed by atoms with Gasteiger partial charge in [0.05, 0.1) is 25.0 Å². The number of anilines is 1. The third-order valence-electron chi connectivity index (χ3n) is 5.29. The van der Waals surface area contributed by atoms with Gasteiger partial charge in [-0.3, -0.25) is 9.10 Å². The molecule has 0 bridgehead atoms. The number of hydrogen-bond donors (Lipinski definition) is 1. The number of benzene rings is 3. The number of amides is 1. The minimum atomic E-state index is -3.47. The number of fused-ring (bicyclic) bond motifs is 1. The molecule has 8 heteroatoms. The Kier molecular flexibility index (Phi) is 6.55. The van der Waals surface area contributed by atoms with Crippen molar-refractivity contribution in [1.82, 2.24) is 5.32 Å². The molecule has 1 aliphatic rings. The van der Waals surface area contributed by atoms with Gasteiger partial charge in [-0.25, -0.2) is 8.42 Å². The molecular formula is C25H26N2O5S. The van der Waals surface area contributed by atoms with Crippen molar-refractivity contribution in [3.63, 3.8) is 0 Å². The summed E-state index contributed by atoms with van der Waals surface area (Å²) in [5.74, 6) is 1.13. The molecule has 0 spiro atoms. The molecule has 0 aliphatic carbocycles. The van der Waals surface area contributed by atoms with Gasteiger partial charge in [-0.2, -0.15) is 0 Å². The van der Waals surface area contributed by atoms with Crippen LogP contribution in [0.25, 0.3) is 0 Å². The molecule has 7 nitrogen and oxygen atoms in total. The Morgan fingerprint density at radius 1 is 1.03 bits per heavy atom. The number of nitrogens with one attached hydrogen (secondary N) is 1. The molecule has 1 heterocycles. The summed E-state index contributed by atoms with van der Waals surface area (Å²) < 4.78 is 37.6. The lowest BCUT2D eigenvalue weighted by Crippen LogP contribution is -2.40. The molecule has 0 saturated carbocycles.